The lowest BCUT2D eigenvalue weighted by Crippen LogP contribution is -2.55. The van der Waals surface area contributed by atoms with Gasteiger partial charge in [-0.3, -0.25) is 14.4 Å². The number of hydrogen-bond acceptors (Lipinski definition) is 7. The molecule has 2 aromatic carbocycles. The van der Waals surface area contributed by atoms with Crippen LogP contribution >= 0.6 is 0 Å². The average Bonchev–Trinajstić information content (AvgIpc) is 2.88. The van der Waals surface area contributed by atoms with Gasteiger partial charge >= 0.3 is 0 Å². The van der Waals surface area contributed by atoms with E-state index >= 15 is 0 Å². The highest BCUT2D eigenvalue weighted by atomic mass is 16.5. The summed E-state index contributed by atoms with van der Waals surface area (Å²) >= 11 is 0. The summed E-state index contributed by atoms with van der Waals surface area (Å²) in [5.41, 5.74) is 4.12. The molecule has 0 aliphatic carbocycles. The van der Waals surface area contributed by atoms with E-state index in [1.807, 2.05) is 12.1 Å². The summed E-state index contributed by atoms with van der Waals surface area (Å²) in [6.45, 7) is 2.97. The monoisotopic (exact) mass is 480 g/mol. The summed E-state index contributed by atoms with van der Waals surface area (Å²) < 4.78 is 10.7. The number of nitrogens with one attached hydrogen (secondary N) is 2. The van der Waals surface area contributed by atoms with Crippen molar-refractivity contribution in [3.63, 3.8) is 0 Å². The maximum absolute atomic E-state index is 13.2. The van der Waals surface area contributed by atoms with Gasteiger partial charge in [0.25, 0.3) is 17.7 Å². The van der Waals surface area contributed by atoms with E-state index in [-0.39, 0.29) is 25.7 Å². The van der Waals surface area contributed by atoms with Gasteiger partial charge in [0.15, 0.2) is 12.2 Å². The van der Waals surface area contributed by atoms with Gasteiger partial charge in [0, 0.05) is 36.7 Å². The minimum Gasteiger partial charge on any atom is -0.380 e. The van der Waals surface area contributed by atoms with Crippen LogP contribution in [0.3, 0.4) is 0 Å². The third-order valence-electron chi connectivity index (χ3n) is 6.48. The molecule has 184 valence electrons. The van der Waals surface area contributed by atoms with Crippen molar-refractivity contribution in [2.24, 2.45) is 0 Å². The molecule has 3 aliphatic rings. The number of morpholine rings is 2. The van der Waals surface area contributed by atoms with Crippen LogP contribution in [-0.2, 0) is 36.8 Å². The van der Waals surface area contributed by atoms with Crippen molar-refractivity contribution in [2.75, 3.05) is 54.6 Å². The van der Waals surface area contributed by atoms with E-state index < -0.39 is 24.0 Å². The maximum Gasteiger partial charge on any atom is 0.259 e. The smallest absolute Gasteiger partial charge is 0.259 e. The Morgan fingerprint density at radius 3 is 2.69 bits per heavy atom. The highest BCUT2D eigenvalue weighted by molar-refractivity contribution is 6.04. The molecule has 3 aliphatic heterocycles. The number of aliphatic hydroxyl groups excluding tert-OH is 1. The van der Waals surface area contributed by atoms with Gasteiger partial charge in [-0.2, -0.15) is 0 Å². The van der Waals surface area contributed by atoms with E-state index in [2.05, 4.69) is 10.6 Å². The highest BCUT2D eigenvalue weighted by Gasteiger charge is 2.39. The molecule has 10 nitrogen and oxygen atoms in total. The zero-order chi connectivity index (χ0) is 24.4. The van der Waals surface area contributed by atoms with Gasteiger partial charge in [0.1, 0.15) is 6.61 Å². The molecular formula is C25H28N4O6. The number of amides is 3. The number of rotatable bonds is 5. The summed E-state index contributed by atoms with van der Waals surface area (Å²) in [6.07, 6.45) is -2.15. The second kappa shape index (κ2) is 10.1. The van der Waals surface area contributed by atoms with Crippen LogP contribution in [0, 0.1) is 0 Å². The molecule has 0 aromatic heterocycles. The van der Waals surface area contributed by atoms with E-state index in [0.29, 0.717) is 30.2 Å². The van der Waals surface area contributed by atoms with Gasteiger partial charge in [0.2, 0.25) is 0 Å². The normalized spacial score (nSPS) is 21.5. The molecule has 3 heterocycles. The van der Waals surface area contributed by atoms with Gasteiger partial charge in [-0.15, -0.1) is 0 Å². The molecule has 2 aromatic rings. The Bertz CT molecular complexity index is 1140. The van der Waals surface area contributed by atoms with Gasteiger partial charge < -0.3 is 35.0 Å². The van der Waals surface area contributed by atoms with Crippen molar-refractivity contribution in [3.8, 4) is 0 Å². The first-order valence-electron chi connectivity index (χ1n) is 11.7. The largest absolute Gasteiger partial charge is 0.380 e. The molecule has 10 heteroatoms. The number of hydrogen-bond donors (Lipinski definition) is 3. The second-order valence-corrected chi connectivity index (χ2v) is 8.74. The molecule has 0 radical (unpaired) electrons. The van der Waals surface area contributed by atoms with Crippen LogP contribution in [0.15, 0.2) is 42.5 Å². The minimum atomic E-state index is -1.67. The maximum atomic E-state index is 13.2. The predicted octanol–water partition coefficient (Wildman–Crippen LogP) is 0.427. The Labute approximate surface area is 202 Å². The quantitative estimate of drug-likeness (QED) is 0.568. The Morgan fingerprint density at radius 1 is 1.06 bits per heavy atom. The number of aliphatic hydroxyl groups is 1. The molecule has 3 amide bonds. The zero-order valence-electron chi connectivity index (χ0n) is 19.2. The van der Waals surface area contributed by atoms with Gasteiger partial charge in [-0.1, -0.05) is 12.1 Å². The number of anilines is 3. The molecular weight excluding hydrogens is 452 g/mol. The number of nitrogens with zero attached hydrogens (tertiary/aromatic N) is 2. The highest BCUT2D eigenvalue weighted by Crippen LogP contribution is 2.27. The Hall–Kier alpha value is -3.31. The van der Waals surface area contributed by atoms with Gasteiger partial charge in [0.05, 0.1) is 13.2 Å². The molecule has 0 bridgehead atoms. The molecule has 2 atom stereocenters. The van der Waals surface area contributed by atoms with E-state index in [0.717, 1.165) is 25.1 Å². The molecule has 0 spiro atoms. The third-order valence-corrected chi connectivity index (χ3v) is 6.48. The number of benzene rings is 2. The lowest BCUT2D eigenvalue weighted by atomic mass is 10.0. The SMILES string of the molecule is O=C(Nc1ccc2c(c1)CCNC2)[C@H](O)[C@H]1OCCN(c2cccc(N3CCOCC3=O)c2)C1=O. The molecule has 2 fully saturated rings. The first-order chi connectivity index (χ1) is 17.0. The van der Waals surface area contributed by atoms with Crippen molar-refractivity contribution in [2.45, 2.75) is 25.2 Å². The summed E-state index contributed by atoms with van der Waals surface area (Å²) in [6, 6.07) is 12.7. The van der Waals surface area contributed by atoms with Crippen molar-refractivity contribution < 1.29 is 29.0 Å². The topological polar surface area (TPSA) is 120 Å². The number of ether oxygens (including phenoxy) is 2. The van der Waals surface area contributed by atoms with E-state index in [1.54, 1.807) is 35.2 Å². The van der Waals surface area contributed by atoms with Crippen LogP contribution in [0.2, 0.25) is 0 Å². The zero-order valence-corrected chi connectivity index (χ0v) is 19.2. The van der Waals surface area contributed by atoms with Gasteiger partial charge in [-0.05, 0) is 54.4 Å². The van der Waals surface area contributed by atoms with Crippen molar-refractivity contribution >= 4 is 34.8 Å². The van der Waals surface area contributed by atoms with E-state index in [4.69, 9.17) is 9.47 Å². The van der Waals surface area contributed by atoms with Crippen molar-refractivity contribution in [1.29, 1.82) is 0 Å². The summed E-state index contributed by atoms with van der Waals surface area (Å²) in [4.78, 5) is 41.3. The minimum absolute atomic E-state index is 0.0190. The summed E-state index contributed by atoms with van der Waals surface area (Å²) in [5.74, 6) is -1.36. The standard InChI is InChI=1S/C25H28N4O6/c30-21-15-34-10-8-28(21)19-2-1-3-20(13-19)29-9-11-35-23(25(29)33)22(31)24(32)27-18-5-4-17-14-26-7-6-16(17)12-18/h1-5,12-13,22-23,26,31H,6-11,14-15H2,(H,27,32)/t22-,23-/m1/s1. The lowest BCUT2D eigenvalue weighted by molar-refractivity contribution is -0.150. The third kappa shape index (κ3) is 4.92. The van der Waals surface area contributed by atoms with Crippen LogP contribution in [0.5, 0.6) is 0 Å². The number of fused-ring (bicyclic) bond motifs is 1. The van der Waals surface area contributed by atoms with Crippen molar-refractivity contribution in [3.05, 3.63) is 53.6 Å². The van der Waals surface area contributed by atoms with Crippen LogP contribution in [0.4, 0.5) is 17.1 Å². The fourth-order valence-electron chi connectivity index (χ4n) is 4.62. The van der Waals surface area contributed by atoms with E-state index in [1.165, 1.54) is 10.5 Å². The van der Waals surface area contributed by atoms with Crippen molar-refractivity contribution in [1.82, 2.24) is 5.32 Å². The first-order valence-corrected chi connectivity index (χ1v) is 11.7. The van der Waals surface area contributed by atoms with Crippen LogP contribution in [0.25, 0.3) is 0 Å². The summed E-state index contributed by atoms with van der Waals surface area (Å²) in [7, 11) is 0. The number of carbonyl (C=O) groups excluding carboxylic acids is 3. The first kappa shape index (κ1) is 23.4. The lowest BCUT2D eigenvalue weighted by Gasteiger charge is -2.35. The number of carbonyl (C=O) groups is 3. The Kier molecular flexibility index (Phi) is 6.78. The Balaban J connectivity index is 1.28. The van der Waals surface area contributed by atoms with Crippen LogP contribution in [-0.4, -0.2) is 74.5 Å². The molecule has 0 saturated carbocycles. The van der Waals surface area contributed by atoms with Crippen LogP contribution in [0.1, 0.15) is 11.1 Å². The molecule has 2 saturated heterocycles. The van der Waals surface area contributed by atoms with Crippen LogP contribution < -0.4 is 20.4 Å². The Morgan fingerprint density at radius 2 is 1.86 bits per heavy atom. The fraction of sp³-hybridized carbons (Fsp3) is 0.400. The van der Waals surface area contributed by atoms with Gasteiger partial charge in [-0.25, -0.2) is 0 Å². The molecule has 3 N–H and O–H groups in total. The molecule has 0 unspecified atom stereocenters. The summed E-state index contributed by atoms with van der Waals surface area (Å²) in [5, 5.41) is 16.7. The fourth-order valence-corrected chi connectivity index (χ4v) is 4.62. The average molecular weight is 481 g/mol. The molecule has 35 heavy (non-hydrogen) atoms. The van der Waals surface area contributed by atoms with E-state index in [9.17, 15) is 19.5 Å². The molecule has 5 rings (SSSR count). The second-order valence-electron chi connectivity index (χ2n) is 8.74. The predicted molar refractivity (Wildman–Crippen MR) is 128 cm³/mol.